The fraction of sp³-hybridized carbons (Fsp3) is 0.556. The van der Waals surface area contributed by atoms with Gasteiger partial charge in [-0.3, -0.25) is 9.59 Å². The molecule has 1 heterocycles. The Balaban J connectivity index is 0.00000288. The number of hydrogen-bond donors (Lipinski definition) is 1. The van der Waals surface area contributed by atoms with Crippen LogP contribution in [0.2, 0.25) is 0 Å². The number of esters is 2. The maximum absolute atomic E-state index is 12.7. The molecule has 1 N–H and O–H groups in total. The van der Waals surface area contributed by atoms with E-state index in [4.69, 9.17) is 9.47 Å². The van der Waals surface area contributed by atoms with Crippen LogP contribution in [-0.2, 0) is 25.5 Å². The molecule has 1 aromatic rings. The number of rotatable bonds is 6. The molecule has 1 aliphatic heterocycles. The Morgan fingerprint density at radius 3 is 2.25 bits per heavy atom. The lowest BCUT2D eigenvalue weighted by Crippen LogP contribution is -2.60. The van der Waals surface area contributed by atoms with Gasteiger partial charge in [0.15, 0.2) is 5.41 Å². The van der Waals surface area contributed by atoms with Crippen LogP contribution in [0.1, 0.15) is 32.3 Å². The van der Waals surface area contributed by atoms with Crippen molar-refractivity contribution in [1.29, 1.82) is 0 Å². The highest BCUT2D eigenvalue weighted by Gasteiger charge is 2.55. The Morgan fingerprint density at radius 2 is 1.71 bits per heavy atom. The monoisotopic (exact) mass is 355 g/mol. The molecule has 24 heavy (non-hydrogen) atoms. The summed E-state index contributed by atoms with van der Waals surface area (Å²) in [6.45, 7) is 4.77. The number of benzene rings is 1. The van der Waals surface area contributed by atoms with Gasteiger partial charge in [-0.05, 0) is 45.2 Å². The SMILES string of the molecule is CCOC(=O)C1(C(=O)OCC)CCCNC1Cc1ccccc1.Cl. The molecule has 1 saturated heterocycles. The second-order valence-electron chi connectivity index (χ2n) is 5.71. The lowest BCUT2D eigenvalue weighted by molar-refractivity contribution is -0.177. The van der Waals surface area contributed by atoms with Crippen LogP contribution >= 0.6 is 12.4 Å². The van der Waals surface area contributed by atoms with Crippen LogP contribution in [0.3, 0.4) is 0 Å². The van der Waals surface area contributed by atoms with E-state index in [-0.39, 0.29) is 31.7 Å². The number of carbonyl (C=O) groups excluding carboxylic acids is 2. The van der Waals surface area contributed by atoms with E-state index >= 15 is 0 Å². The summed E-state index contributed by atoms with van der Waals surface area (Å²) in [6, 6.07) is 9.52. The van der Waals surface area contributed by atoms with Gasteiger partial charge in [0.25, 0.3) is 0 Å². The van der Waals surface area contributed by atoms with E-state index in [1.807, 2.05) is 30.3 Å². The van der Waals surface area contributed by atoms with E-state index in [0.717, 1.165) is 18.5 Å². The van der Waals surface area contributed by atoms with Crippen molar-refractivity contribution in [3.8, 4) is 0 Å². The average Bonchev–Trinajstić information content (AvgIpc) is 2.56. The number of carbonyl (C=O) groups is 2. The van der Waals surface area contributed by atoms with Crippen molar-refractivity contribution < 1.29 is 19.1 Å². The normalized spacial score (nSPS) is 19.0. The van der Waals surface area contributed by atoms with E-state index in [2.05, 4.69) is 5.32 Å². The van der Waals surface area contributed by atoms with Crippen LogP contribution in [0.5, 0.6) is 0 Å². The number of hydrogen-bond acceptors (Lipinski definition) is 5. The predicted molar refractivity (Wildman–Crippen MR) is 94.1 cm³/mol. The molecular weight excluding hydrogens is 330 g/mol. The molecule has 0 aliphatic carbocycles. The number of nitrogens with one attached hydrogen (secondary N) is 1. The molecule has 1 atom stereocenters. The second kappa shape index (κ2) is 9.64. The van der Waals surface area contributed by atoms with Crippen LogP contribution in [0.15, 0.2) is 30.3 Å². The standard InChI is InChI=1S/C18H25NO4.ClH/c1-3-22-16(20)18(17(21)23-4-2)11-8-12-19-15(18)13-14-9-6-5-7-10-14;/h5-7,9-10,15,19H,3-4,8,11-13H2,1-2H3;1H. The van der Waals surface area contributed by atoms with Crippen LogP contribution in [0.25, 0.3) is 0 Å². The van der Waals surface area contributed by atoms with Crippen molar-refractivity contribution in [2.45, 2.75) is 39.2 Å². The zero-order chi connectivity index (χ0) is 16.7. The molecule has 0 spiro atoms. The highest BCUT2D eigenvalue weighted by Crippen LogP contribution is 2.36. The lowest BCUT2D eigenvalue weighted by Gasteiger charge is -2.40. The number of ether oxygens (including phenoxy) is 2. The average molecular weight is 356 g/mol. The first-order chi connectivity index (χ1) is 11.1. The molecular formula is C18H26ClNO4. The third kappa shape index (κ3) is 4.28. The van der Waals surface area contributed by atoms with Crippen LogP contribution in [-0.4, -0.2) is 37.7 Å². The first-order valence-electron chi connectivity index (χ1n) is 8.27. The Bertz CT molecular complexity index is 517. The van der Waals surface area contributed by atoms with E-state index in [9.17, 15) is 9.59 Å². The molecule has 0 radical (unpaired) electrons. The summed E-state index contributed by atoms with van der Waals surface area (Å²) in [5, 5.41) is 3.34. The zero-order valence-corrected chi connectivity index (χ0v) is 15.1. The Hall–Kier alpha value is -1.59. The Morgan fingerprint density at radius 1 is 1.12 bits per heavy atom. The minimum Gasteiger partial charge on any atom is -0.465 e. The highest BCUT2D eigenvalue weighted by molar-refractivity contribution is 6.01. The summed E-state index contributed by atoms with van der Waals surface area (Å²) < 4.78 is 10.5. The van der Waals surface area contributed by atoms with Crippen molar-refractivity contribution in [2.75, 3.05) is 19.8 Å². The van der Waals surface area contributed by atoms with E-state index in [1.165, 1.54) is 0 Å². The second-order valence-corrected chi connectivity index (χ2v) is 5.71. The summed E-state index contributed by atoms with van der Waals surface area (Å²) >= 11 is 0. The number of halogens is 1. The minimum atomic E-state index is -1.26. The van der Waals surface area contributed by atoms with Gasteiger partial charge in [-0.15, -0.1) is 12.4 Å². The maximum atomic E-state index is 12.7. The van der Waals surface area contributed by atoms with Gasteiger partial charge < -0.3 is 14.8 Å². The fourth-order valence-corrected chi connectivity index (χ4v) is 3.18. The van der Waals surface area contributed by atoms with Gasteiger partial charge in [0.2, 0.25) is 0 Å². The molecule has 0 saturated carbocycles. The smallest absolute Gasteiger partial charge is 0.325 e. The first kappa shape index (κ1) is 20.5. The maximum Gasteiger partial charge on any atom is 0.325 e. The molecule has 1 unspecified atom stereocenters. The largest absolute Gasteiger partial charge is 0.465 e. The number of piperidine rings is 1. The lowest BCUT2D eigenvalue weighted by atomic mass is 9.71. The van der Waals surface area contributed by atoms with Crippen LogP contribution < -0.4 is 5.32 Å². The van der Waals surface area contributed by atoms with Gasteiger partial charge in [-0.1, -0.05) is 30.3 Å². The summed E-state index contributed by atoms with van der Waals surface area (Å²) in [6.07, 6.45) is 1.77. The van der Waals surface area contributed by atoms with Crippen LogP contribution in [0.4, 0.5) is 0 Å². The molecule has 2 rings (SSSR count). The molecule has 1 aromatic carbocycles. The van der Waals surface area contributed by atoms with Crippen molar-refractivity contribution >= 4 is 24.3 Å². The molecule has 5 nitrogen and oxygen atoms in total. The molecule has 134 valence electrons. The predicted octanol–water partition coefficient (Wildman–Crippen LogP) is 2.52. The van der Waals surface area contributed by atoms with Gasteiger partial charge in [-0.25, -0.2) is 0 Å². The van der Waals surface area contributed by atoms with Crippen molar-refractivity contribution in [2.24, 2.45) is 5.41 Å². The van der Waals surface area contributed by atoms with E-state index < -0.39 is 17.4 Å². The summed E-state index contributed by atoms with van der Waals surface area (Å²) in [7, 11) is 0. The third-order valence-corrected chi connectivity index (χ3v) is 4.30. The molecule has 6 heteroatoms. The quantitative estimate of drug-likeness (QED) is 0.627. The van der Waals surface area contributed by atoms with Gasteiger partial charge in [0.05, 0.1) is 13.2 Å². The molecule has 0 aromatic heterocycles. The third-order valence-electron chi connectivity index (χ3n) is 4.30. The van der Waals surface area contributed by atoms with Crippen molar-refractivity contribution in [3.05, 3.63) is 35.9 Å². The van der Waals surface area contributed by atoms with Gasteiger partial charge in [-0.2, -0.15) is 0 Å². The van der Waals surface area contributed by atoms with Crippen LogP contribution in [0, 0.1) is 5.41 Å². The summed E-state index contributed by atoms with van der Waals surface area (Å²) in [5.74, 6) is -0.960. The van der Waals surface area contributed by atoms with Gasteiger partial charge in [0, 0.05) is 6.04 Å². The molecule has 1 aliphatic rings. The minimum absolute atomic E-state index is 0. The Labute approximate surface area is 149 Å². The molecule has 0 bridgehead atoms. The van der Waals surface area contributed by atoms with Gasteiger partial charge >= 0.3 is 11.9 Å². The first-order valence-corrected chi connectivity index (χ1v) is 8.27. The Kier molecular flexibility index (Phi) is 8.22. The zero-order valence-electron chi connectivity index (χ0n) is 14.2. The topological polar surface area (TPSA) is 64.6 Å². The van der Waals surface area contributed by atoms with E-state index in [0.29, 0.717) is 12.8 Å². The van der Waals surface area contributed by atoms with Crippen molar-refractivity contribution in [3.63, 3.8) is 0 Å². The molecule has 1 fully saturated rings. The summed E-state index contributed by atoms with van der Waals surface area (Å²) in [5.41, 5.74) is -0.190. The van der Waals surface area contributed by atoms with Gasteiger partial charge in [0.1, 0.15) is 0 Å². The fourth-order valence-electron chi connectivity index (χ4n) is 3.18. The van der Waals surface area contributed by atoms with E-state index in [1.54, 1.807) is 13.8 Å². The highest BCUT2D eigenvalue weighted by atomic mass is 35.5. The van der Waals surface area contributed by atoms with Crippen molar-refractivity contribution in [1.82, 2.24) is 5.32 Å². The summed E-state index contributed by atoms with van der Waals surface area (Å²) in [4.78, 5) is 25.3. The molecule has 0 amide bonds.